The van der Waals surface area contributed by atoms with Gasteiger partial charge in [-0.15, -0.1) is 11.3 Å². The van der Waals surface area contributed by atoms with Crippen molar-refractivity contribution in [1.82, 2.24) is 10.3 Å². The second-order valence-electron chi connectivity index (χ2n) is 5.43. The number of thiazole rings is 1. The van der Waals surface area contributed by atoms with E-state index in [0.717, 1.165) is 28.4 Å². The number of nitrogens with one attached hydrogen (secondary N) is 1. The Morgan fingerprint density at radius 3 is 2.61 bits per heavy atom. The Bertz CT molecular complexity index is 665. The van der Waals surface area contributed by atoms with Gasteiger partial charge in [0.25, 0.3) is 0 Å². The first-order valence-corrected chi connectivity index (χ1v) is 8.72. The highest BCUT2D eigenvalue weighted by Gasteiger charge is 2.11. The van der Waals surface area contributed by atoms with Gasteiger partial charge < -0.3 is 5.32 Å². The van der Waals surface area contributed by atoms with Crippen LogP contribution in [0.25, 0.3) is 0 Å². The van der Waals surface area contributed by atoms with Gasteiger partial charge in [-0.05, 0) is 19.8 Å². The van der Waals surface area contributed by atoms with Gasteiger partial charge in [0.05, 0.1) is 17.2 Å². The Morgan fingerprint density at radius 2 is 1.91 bits per heavy atom. The average molecular weight is 330 g/mol. The summed E-state index contributed by atoms with van der Waals surface area (Å²) in [5.41, 5.74) is 1.64. The molecule has 1 amide bonds. The minimum atomic E-state index is -0.0980. The monoisotopic (exact) mass is 330 g/mol. The number of Topliss-reactive ketones (excluding diaryl/α,β-unsaturated/α-hetero) is 1. The van der Waals surface area contributed by atoms with Gasteiger partial charge >= 0.3 is 0 Å². The molecule has 2 aromatic rings. The van der Waals surface area contributed by atoms with E-state index in [1.165, 1.54) is 0 Å². The number of carbonyl (C=O) groups excluding carboxylic acids is 2. The number of ketones is 1. The van der Waals surface area contributed by atoms with Gasteiger partial charge in [0, 0.05) is 23.3 Å². The highest BCUT2D eigenvalue weighted by molar-refractivity contribution is 7.11. The minimum absolute atomic E-state index is 0.0000436. The molecule has 1 N–H and O–H groups in total. The zero-order chi connectivity index (χ0) is 16.7. The number of nitrogens with zero attached hydrogens (tertiary/aromatic N) is 1. The number of hydrogen-bond donors (Lipinski definition) is 1. The number of aromatic nitrogens is 1. The third-order valence-corrected chi connectivity index (χ3v) is 4.74. The second-order valence-corrected chi connectivity index (χ2v) is 6.60. The van der Waals surface area contributed by atoms with E-state index in [2.05, 4.69) is 17.2 Å². The van der Waals surface area contributed by atoms with Crippen molar-refractivity contribution in [3.8, 4) is 0 Å². The standard InChI is InChI=1S/C18H22N2O2S/c1-3-7-18-20-13(2)16(23-18)12-19-17(22)11-10-15(21)14-8-5-4-6-9-14/h4-6,8-9H,3,7,10-12H2,1-2H3,(H,19,22). The van der Waals surface area contributed by atoms with Crippen LogP contribution in [0.4, 0.5) is 0 Å². The van der Waals surface area contributed by atoms with Crippen molar-refractivity contribution in [2.75, 3.05) is 0 Å². The highest BCUT2D eigenvalue weighted by atomic mass is 32.1. The summed E-state index contributed by atoms with van der Waals surface area (Å²) in [5.74, 6) is -0.0981. The molecule has 0 fully saturated rings. The summed E-state index contributed by atoms with van der Waals surface area (Å²) in [6.07, 6.45) is 2.50. The summed E-state index contributed by atoms with van der Waals surface area (Å²) in [6.45, 7) is 4.59. The van der Waals surface area contributed by atoms with Gasteiger partial charge in [-0.1, -0.05) is 37.3 Å². The molecular formula is C18H22N2O2S. The SMILES string of the molecule is CCCc1nc(C)c(CNC(=O)CCC(=O)c2ccccc2)s1. The number of rotatable bonds is 8. The number of hydrogen-bond acceptors (Lipinski definition) is 4. The Hall–Kier alpha value is -2.01. The summed E-state index contributed by atoms with van der Waals surface area (Å²) >= 11 is 1.65. The van der Waals surface area contributed by atoms with Gasteiger partial charge in [0.2, 0.25) is 5.91 Å². The lowest BCUT2D eigenvalue weighted by molar-refractivity contribution is -0.121. The fourth-order valence-corrected chi connectivity index (χ4v) is 3.35. The Balaban J connectivity index is 1.78. The smallest absolute Gasteiger partial charge is 0.220 e. The van der Waals surface area contributed by atoms with Crippen molar-refractivity contribution in [3.05, 3.63) is 51.5 Å². The van der Waals surface area contributed by atoms with Crippen LogP contribution in [0, 0.1) is 6.92 Å². The molecule has 0 aliphatic heterocycles. The summed E-state index contributed by atoms with van der Waals surface area (Å²) in [7, 11) is 0. The number of carbonyl (C=O) groups is 2. The maximum atomic E-state index is 12.0. The molecule has 1 heterocycles. The average Bonchev–Trinajstić information content (AvgIpc) is 2.91. The zero-order valence-corrected chi connectivity index (χ0v) is 14.4. The van der Waals surface area contributed by atoms with Crippen molar-refractivity contribution in [3.63, 3.8) is 0 Å². The van der Waals surface area contributed by atoms with Gasteiger partial charge in [-0.2, -0.15) is 0 Å². The van der Waals surface area contributed by atoms with Crippen LogP contribution in [0.1, 0.15) is 52.1 Å². The van der Waals surface area contributed by atoms with Crippen molar-refractivity contribution >= 4 is 23.0 Å². The normalized spacial score (nSPS) is 10.5. The van der Waals surface area contributed by atoms with E-state index in [4.69, 9.17) is 0 Å². The molecule has 0 saturated carbocycles. The Morgan fingerprint density at radius 1 is 1.17 bits per heavy atom. The van der Waals surface area contributed by atoms with Crippen LogP contribution < -0.4 is 5.32 Å². The lowest BCUT2D eigenvalue weighted by Gasteiger charge is -2.04. The molecule has 0 aliphatic carbocycles. The molecule has 4 nitrogen and oxygen atoms in total. The molecule has 0 unspecified atom stereocenters. The summed E-state index contributed by atoms with van der Waals surface area (Å²) in [5, 5.41) is 4.00. The third kappa shape index (κ3) is 5.28. The van der Waals surface area contributed by atoms with Crippen molar-refractivity contribution < 1.29 is 9.59 Å². The van der Waals surface area contributed by atoms with Crippen molar-refractivity contribution in [2.45, 2.75) is 46.1 Å². The number of benzene rings is 1. The van der Waals surface area contributed by atoms with Gasteiger partial charge in [0.15, 0.2) is 5.78 Å². The van der Waals surface area contributed by atoms with E-state index in [0.29, 0.717) is 12.1 Å². The largest absolute Gasteiger partial charge is 0.351 e. The van der Waals surface area contributed by atoms with Crippen LogP contribution in [-0.4, -0.2) is 16.7 Å². The van der Waals surface area contributed by atoms with Gasteiger partial charge in [-0.25, -0.2) is 4.98 Å². The molecule has 2 rings (SSSR count). The lowest BCUT2D eigenvalue weighted by Crippen LogP contribution is -2.23. The van der Waals surface area contributed by atoms with Crippen LogP contribution in [0.5, 0.6) is 0 Å². The van der Waals surface area contributed by atoms with E-state index < -0.39 is 0 Å². The summed E-state index contributed by atoms with van der Waals surface area (Å²) in [4.78, 5) is 29.5. The molecule has 0 spiro atoms. The molecule has 0 bridgehead atoms. The molecule has 5 heteroatoms. The van der Waals surface area contributed by atoms with Gasteiger partial charge in [-0.3, -0.25) is 9.59 Å². The van der Waals surface area contributed by atoms with E-state index in [1.807, 2.05) is 25.1 Å². The Kier molecular flexibility index (Phi) is 6.47. The second kappa shape index (κ2) is 8.58. The predicted octanol–water partition coefficient (Wildman–Crippen LogP) is 3.68. The first-order chi connectivity index (χ1) is 11.1. The van der Waals surface area contributed by atoms with Crippen LogP contribution in [-0.2, 0) is 17.8 Å². The summed E-state index contributed by atoms with van der Waals surface area (Å²) < 4.78 is 0. The van der Waals surface area contributed by atoms with Crippen LogP contribution in [0.2, 0.25) is 0 Å². The maximum absolute atomic E-state index is 12.0. The molecule has 0 atom stereocenters. The fourth-order valence-electron chi connectivity index (χ4n) is 2.24. The number of amides is 1. The van der Waals surface area contributed by atoms with E-state index in [1.54, 1.807) is 23.5 Å². The van der Waals surface area contributed by atoms with Crippen molar-refractivity contribution in [2.24, 2.45) is 0 Å². The first-order valence-electron chi connectivity index (χ1n) is 7.90. The molecule has 23 heavy (non-hydrogen) atoms. The van der Waals surface area contributed by atoms with E-state index in [-0.39, 0.29) is 24.5 Å². The third-order valence-electron chi connectivity index (χ3n) is 3.52. The molecular weight excluding hydrogens is 308 g/mol. The van der Waals surface area contributed by atoms with Crippen LogP contribution in [0.15, 0.2) is 30.3 Å². The fraction of sp³-hybridized carbons (Fsp3) is 0.389. The zero-order valence-electron chi connectivity index (χ0n) is 13.6. The molecule has 1 aromatic carbocycles. The first kappa shape index (κ1) is 17.3. The van der Waals surface area contributed by atoms with Crippen LogP contribution in [0.3, 0.4) is 0 Å². The predicted molar refractivity (Wildman–Crippen MR) is 92.7 cm³/mol. The summed E-state index contributed by atoms with van der Waals surface area (Å²) in [6, 6.07) is 9.07. The molecule has 0 radical (unpaired) electrons. The van der Waals surface area contributed by atoms with Crippen LogP contribution >= 0.6 is 11.3 Å². The Labute approximate surface area is 141 Å². The van der Waals surface area contributed by atoms with E-state index in [9.17, 15) is 9.59 Å². The highest BCUT2D eigenvalue weighted by Crippen LogP contribution is 2.19. The molecule has 0 aliphatic rings. The topological polar surface area (TPSA) is 59.1 Å². The van der Waals surface area contributed by atoms with E-state index >= 15 is 0 Å². The molecule has 1 aromatic heterocycles. The molecule has 122 valence electrons. The van der Waals surface area contributed by atoms with Crippen molar-refractivity contribution in [1.29, 1.82) is 0 Å². The maximum Gasteiger partial charge on any atom is 0.220 e. The lowest BCUT2D eigenvalue weighted by atomic mass is 10.1. The number of aryl methyl sites for hydroxylation is 2. The molecule has 0 saturated heterocycles. The minimum Gasteiger partial charge on any atom is -0.351 e. The quantitative estimate of drug-likeness (QED) is 0.751. The van der Waals surface area contributed by atoms with Gasteiger partial charge in [0.1, 0.15) is 0 Å².